The van der Waals surface area contributed by atoms with Crippen molar-refractivity contribution in [2.24, 2.45) is 0 Å². The number of amides is 1. The van der Waals surface area contributed by atoms with Crippen molar-refractivity contribution in [3.05, 3.63) is 62.6 Å². The molecule has 3 nitrogen and oxygen atoms in total. The third kappa shape index (κ3) is 4.39. The highest BCUT2D eigenvalue weighted by Gasteiger charge is 2.11. The number of carbonyl (C=O) groups excluding carboxylic acids is 1. The van der Waals surface area contributed by atoms with Crippen LogP contribution in [0.4, 0.5) is 5.69 Å². The molecule has 0 spiro atoms. The van der Waals surface area contributed by atoms with E-state index in [4.69, 9.17) is 12.2 Å². The van der Waals surface area contributed by atoms with Crippen molar-refractivity contribution in [2.75, 3.05) is 5.32 Å². The molecule has 120 valence electrons. The number of anilines is 1. The molecule has 2 rings (SSSR count). The summed E-state index contributed by atoms with van der Waals surface area (Å²) in [5.41, 5.74) is 5.86. The van der Waals surface area contributed by atoms with Gasteiger partial charge in [0.25, 0.3) is 5.91 Å². The highest BCUT2D eigenvalue weighted by atomic mass is 79.9. The molecule has 2 aromatic rings. The number of thiocarbonyl (C=S) groups is 1. The van der Waals surface area contributed by atoms with Crippen LogP contribution in [-0.2, 0) is 0 Å². The summed E-state index contributed by atoms with van der Waals surface area (Å²) in [6.45, 7) is 7.99. The molecule has 2 aromatic carbocycles. The smallest absolute Gasteiger partial charge is 0.257 e. The van der Waals surface area contributed by atoms with Crippen molar-refractivity contribution in [2.45, 2.75) is 27.7 Å². The van der Waals surface area contributed by atoms with E-state index in [0.717, 1.165) is 32.4 Å². The van der Waals surface area contributed by atoms with Gasteiger partial charge in [0.1, 0.15) is 0 Å². The zero-order valence-corrected chi connectivity index (χ0v) is 16.0. The quantitative estimate of drug-likeness (QED) is 0.722. The molecular formula is C18H19BrN2OS. The van der Waals surface area contributed by atoms with E-state index in [1.807, 2.05) is 52.0 Å². The second-order valence-electron chi connectivity index (χ2n) is 5.62. The van der Waals surface area contributed by atoms with Crippen LogP contribution in [0.2, 0.25) is 0 Å². The average molecular weight is 391 g/mol. The van der Waals surface area contributed by atoms with Gasteiger partial charge in [0.05, 0.1) is 0 Å². The Morgan fingerprint density at radius 3 is 2.13 bits per heavy atom. The Balaban J connectivity index is 2.10. The van der Waals surface area contributed by atoms with Crippen molar-refractivity contribution < 1.29 is 4.79 Å². The van der Waals surface area contributed by atoms with Crippen molar-refractivity contribution in [1.29, 1.82) is 0 Å². The molecule has 0 aliphatic carbocycles. The molecule has 0 bridgehead atoms. The lowest BCUT2D eigenvalue weighted by atomic mass is 10.1. The predicted molar refractivity (Wildman–Crippen MR) is 103 cm³/mol. The van der Waals surface area contributed by atoms with Crippen LogP contribution in [0.25, 0.3) is 0 Å². The zero-order chi connectivity index (χ0) is 17.1. The van der Waals surface area contributed by atoms with Gasteiger partial charge in [-0.05, 0) is 86.4 Å². The van der Waals surface area contributed by atoms with Crippen LogP contribution in [-0.4, -0.2) is 11.0 Å². The lowest BCUT2D eigenvalue weighted by Crippen LogP contribution is -2.34. The number of nitrogens with one attached hydrogen (secondary N) is 2. The maximum Gasteiger partial charge on any atom is 0.257 e. The normalized spacial score (nSPS) is 10.3. The van der Waals surface area contributed by atoms with E-state index in [0.29, 0.717) is 10.7 Å². The fourth-order valence-electron chi connectivity index (χ4n) is 2.31. The van der Waals surface area contributed by atoms with Crippen molar-refractivity contribution in [3.63, 3.8) is 0 Å². The van der Waals surface area contributed by atoms with Gasteiger partial charge in [0.2, 0.25) is 0 Å². The Bertz CT molecular complexity index is 764. The maximum absolute atomic E-state index is 12.3. The lowest BCUT2D eigenvalue weighted by Gasteiger charge is -2.15. The molecule has 5 heteroatoms. The van der Waals surface area contributed by atoms with Gasteiger partial charge in [-0.1, -0.05) is 22.0 Å². The van der Waals surface area contributed by atoms with E-state index in [2.05, 4.69) is 26.6 Å². The Kier molecular flexibility index (Phi) is 5.55. The molecule has 0 aliphatic heterocycles. The van der Waals surface area contributed by atoms with Crippen LogP contribution >= 0.6 is 28.1 Å². The molecule has 23 heavy (non-hydrogen) atoms. The van der Waals surface area contributed by atoms with Gasteiger partial charge in [0, 0.05) is 15.7 Å². The number of carbonyl (C=O) groups is 1. The number of benzene rings is 2. The molecule has 0 radical (unpaired) electrons. The Morgan fingerprint density at radius 2 is 1.57 bits per heavy atom. The van der Waals surface area contributed by atoms with Gasteiger partial charge >= 0.3 is 0 Å². The van der Waals surface area contributed by atoms with Gasteiger partial charge in [-0.15, -0.1) is 0 Å². The highest BCUT2D eigenvalue weighted by molar-refractivity contribution is 9.10. The number of aryl methyl sites for hydroxylation is 4. The van der Waals surface area contributed by atoms with Crippen LogP contribution in [0.5, 0.6) is 0 Å². The maximum atomic E-state index is 12.3. The molecule has 0 aliphatic rings. The molecule has 0 fully saturated rings. The summed E-state index contributed by atoms with van der Waals surface area (Å²) >= 11 is 8.73. The first-order chi connectivity index (χ1) is 10.8. The summed E-state index contributed by atoms with van der Waals surface area (Å²) in [5.74, 6) is -0.210. The third-order valence-corrected chi connectivity index (χ3v) is 4.39. The Morgan fingerprint density at radius 1 is 0.957 bits per heavy atom. The van der Waals surface area contributed by atoms with Crippen LogP contribution in [0.3, 0.4) is 0 Å². The minimum absolute atomic E-state index is 0.210. The van der Waals surface area contributed by atoms with E-state index < -0.39 is 0 Å². The molecule has 0 heterocycles. The number of rotatable bonds is 2. The van der Waals surface area contributed by atoms with Crippen LogP contribution in [0, 0.1) is 27.7 Å². The molecule has 0 atom stereocenters. The van der Waals surface area contributed by atoms with Crippen LogP contribution in [0.1, 0.15) is 32.6 Å². The number of halogens is 1. The zero-order valence-electron chi connectivity index (χ0n) is 13.6. The minimum atomic E-state index is -0.210. The summed E-state index contributed by atoms with van der Waals surface area (Å²) in [4.78, 5) is 12.3. The fourth-order valence-corrected chi connectivity index (χ4v) is 3.19. The van der Waals surface area contributed by atoms with Gasteiger partial charge in [-0.3, -0.25) is 10.1 Å². The average Bonchev–Trinajstić information content (AvgIpc) is 2.45. The Hall–Kier alpha value is -1.72. The summed E-state index contributed by atoms with van der Waals surface area (Å²) < 4.78 is 1.02. The van der Waals surface area contributed by atoms with Crippen LogP contribution in [0.15, 0.2) is 34.8 Å². The first kappa shape index (κ1) is 17.6. The monoisotopic (exact) mass is 390 g/mol. The minimum Gasteiger partial charge on any atom is -0.332 e. The summed E-state index contributed by atoms with van der Waals surface area (Å²) in [7, 11) is 0. The molecule has 0 unspecified atom stereocenters. The highest BCUT2D eigenvalue weighted by Crippen LogP contribution is 2.25. The largest absolute Gasteiger partial charge is 0.332 e. The molecule has 1 amide bonds. The van der Waals surface area contributed by atoms with E-state index in [9.17, 15) is 4.79 Å². The molecular weight excluding hydrogens is 372 g/mol. The van der Waals surface area contributed by atoms with Gasteiger partial charge in [-0.25, -0.2) is 0 Å². The fraction of sp³-hybridized carbons (Fsp3) is 0.222. The first-order valence-corrected chi connectivity index (χ1v) is 8.44. The predicted octanol–water partition coefficient (Wildman–Crippen LogP) is 4.81. The standard InChI is InChI=1S/C18H19BrN2OS/c1-10-5-6-14(7-11(10)2)17(22)21-18(23)20-16-12(3)8-15(19)9-13(16)4/h5-9H,1-4H3,(H2,20,21,22,23). The van der Waals surface area contributed by atoms with Crippen molar-refractivity contribution in [1.82, 2.24) is 5.32 Å². The van der Waals surface area contributed by atoms with Crippen molar-refractivity contribution in [3.8, 4) is 0 Å². The first-order valence-electron chi connectivity index (χ1n) is 7.24. The third-order valence-electron chi connectivity index (χ3n) is 3.73. The summed E-state index contributed by atoms with van der Waals surface area (Å²) in [5, 5.41) is 6.13. The van der Waals surface area contributed by atoms with Gasteiger partial charge in [-0.2, -0.15) is 0 Å². The molecule has 2 N–H and O–H groups in total. The van der Waals surface area contributed by atoms with Gasteiger partial charge in [0.15, 0.2) is 5.11 Å². The van der Waals surface area contributed by atoms with Crippen LogP contribution < -0.4 is 10.6 Å². The number of hydrogen-bond donors (Lipinski definition) is 2. The Labute approximate surface area is 150 Å². The number of hydrogen-bond acceptors (Lipinski definition) is 2. The summed E-state index contributed by atoms with van der Waals surface area (Å²) in [6, 6.07) is 9.61. The SMILES string of the molecule is Cc1ccc(C(=O)NC(=S)Nc2c(C)cc(Br)cc2C)cc1C. The molecule has 0 aromatic heterocycles. The van der Waals surface area contributed by atoms with E-state index >= 15 is 0 Å². The van der Waals surface area contributed by atoms with E-state index in [1.165, 1.54) is 0 Å². The van der Waals surface area contributed by atoms with Crippen molar-refractivity contribution >= 4 is 44.9 Å². The molecule has 0 saturated carbocycles. The second kappa shape index (κ2) is 7.23. The summed E-state index contributed by atoms with van der Waals surface area (Å²) in [6.07, 6.45) is 0. The van der Waals surface area contributed by atoms with Gasteiger partial charge < -0.3 is 5.32 Å². The van der Waals surface area contributed by atoms with E-state index in [1.54, 1.807) is 6.07 Å². The lowest BCUT2D eigenvalue weighted by molar-refractivity contribution is 0.0977. The topological polar surface area (TPSA) is 41.1 Å². The molecule has 0 saturated heterocycles. The van der Waals surface area contributed by atoms with E-state index in [-0.39, 0.29) is 5.91 Å². The second-order valence-corrected chi connectivity index (χ2v) is 6.95.